The van der Waals surface area contributed by atoms with Gasteiger partial charge in [-0.25, -0.2) is 0 Å². The van der Waals surface area contributed by atoms with Crippen molar-refractivity contribution in [2.45, 2.75) is 16.0 Å². The van der Waals surface area contributed by atoms with Gasteiger partial charge in [0.25, 0.3) is 0 Å². The number of thioether (sulfide) groups is 1. The molecule has 0 bridgehead atoms. The van der Waals surface area contributed by atoms with Crippen LogP contribution in [-0.2, 0) is 11.1 Å². The summed E-state index contributed by atoms with van der Waals surface area (Å²) < 4.78 is 46.0. The van der Waals surface area contributed by atoms with Gasteiger partial charge in [0.05, 0.1) is 24.1 Å². The van der Waals surface area contributed by atoms with Crippen molar-refractivity contribution in [1.82, 2.24) is 4.57 Å². The summed E-state index contributed by atoms with van der Waals surface area (Å²) in [4.78, 5) is -0.845. The van der Waals surface area contributed by atoms with Crippen LogP contribution in [0.1, 0.15) is 16.8 Å². The van der Waals surface area contributed by atoms with Gasteiger partial charge in [-0.3, -0.25) is 0 Å². The number of halogens is 3. The third-order valence-corrected chi connectivity index (χ3v) is 5.69. The average molecular weight is 377 g/mol. The van der Waals surface area contributed by atoms with Gasteiger partial charge in [-0.15, -0.1) is 0 Å². The largest absolute Gasteiger partial charge is 0.497 e. The first-order valence-corrected chi connectivity index (χ1v) is 8.60. The van der Waals surface area contributed by atoms with Gasteiger partial charge < -0.3 is 14.4 Å². The Morgan fingerprint density at radius 3 is 2.46 bits per heavy atom. The Hall–Kier alpha value is -2.38. The Morgan fingerprint density at radius 1 is 1.08 bits per heavy atom. The number of hydrogen-bond acceptors (Lipinski definition) is 3. The van der Waals surface area contributed by atoms with E-state index in [-0.39, 0.29) is 0 Å². The average Bonchev–Trinajstić information content (AvgIpc) is 3.12. The molecule has 0 aliphatic carbocycles. The summed E-state index contributed by atoms with van der Waals surface area (Å²) in [6, 6.07) is 13.9. The molecule has 0 saturated carbocycles. The van der Waals surface area contributed by atoms with Crippen molar-refractivity contribution in [1.29, 1.82) is 0 Å². The summed E-state index contributed by atoms with van der Waals surface area (Å²) in [6.07, 6.45) is -2.76. The zero-order valence-electron chi connectivity index (χ0n) is 13.6. The first-order chi connectivity index (χ1) is 12.3. The van der Waals surface area contributed by atoms with Crippen LogP contribution in [0, 0.1) is 0 Å². The number of hydrogen-bond donors (Lipinski definition) is 1. The fraction of sp³-hybridized carbons (Fsp3) is 0.158. The topological polar surface area (TPSA) is 34.4 Å². The SMILES string of the molecule is COc1ccc(C2(O)Sc3ccc(C(F)(F)F)cc3-n3cccc32)cc1. The molecule has 1 unspecified atom stereocenters. The predicted molar refractivity (Wildman–Crippen MR) is 92.6 cm³/mol. The van der Waals surface area contributed by atoms with Gasteiger partial charge in [-0.2, -0.15) is 13.2 Å². The monoisotopic (exact) mass is 377 g/mol. The number of alkyl halides is 3. The van der Waals surface area contributed by atoms with E-state index >= 15 is 0 Å². The minimum absolute atomic E-state index is 0.406. The van der Waals surface area contributed by atoms with Gasteiger partial charge in [0, 0.05) is 16.7 Å². The summed E-state index contributed by atoms with van der Waals surface area (Å²) >= 11 is 1.12. The summed E-state index contributed by atoms with van der Waals surface area (Å²) in [7, 11) is 1.55. The van der Waals surface area contributed by atoms with E-state index in [0.717, 1.165) is 23.9 Å². The van der Waals surface area contributed by atoms with Gasteiger partial charge >= 0.3 is 6.18 Å². The molecule has 0 spiro atoms. The second-order valence-corrected chi connectivity index (χ2v) is 7.15. The van der Waals surface area contributed by atoms with Gasteiger partial charge in [-0.05, 0) is 42.5 Å². The van der Waals surface area contributed by atoms with Crippen LogP contribution in [0.25, 0.3) is 5.69 Å². The molecule has 7 heteroatoms. The number of benzene rings is 2. The highest BCUT2D eigenvalue weighted by atomic mass is 32.2. The molecule has 3 aromatic rings. The van der Waals surface area contributed by atoms with Crippen molar-refractivity contribution >= 4 is 11.8 Å². The minimum Gasteiger partial charge on any atom is -0.497 e. The molecule has 134 valence electrons. The second-order valence-electron chi connectivity index (χ2n) is 5.92. The third-order valence-electron chi connectivity index (χ3n) is 4.38. The van der Waals surface area contributed by atoms with Crippen molar-refractivity contribution in [2.75, 3.05) is 7.11 Å². The molecule has 1 N–H and O–H groups in total. The van der Waals surface area contributed by atoms with Crippen LogP contribution >= 0.6 is 11.8 Å². The van der Waals surface area contributed by atoms with E-state index in [9.17, 15) is 18.3 Å². The first-order valence-electron chi connectivity index (χ1n) is 7.78. The highest BCUT2D eigenvalue weighted by Gasteiger charge is 2.41. The Balaban J connectivity index is 1.85. The molecule has 0 fully saturated rings. The van der Waals surface area contributed by atoms with Crippen molar-refractivity contribution in [2.24, 2.45) is 0 Å². The van der Waals surface area contributed by atoms with E-state index in [1.54, 1.807) is 54.3 Å². The van der Waals surface area contributed by atoms with Crippen molar-refractivity contribution < 1.29 is 23.0 Å². The summed E-state index contributed by atoms with van der Waals surface area (Å²) in [6.45, 7) is 0. The maximum Gasteiger partial charge on any atom is 0.416 e. The Morgan fingerprint density at radius 2 is 1.81 bits per heavy atom. The van der Waals surface area contributed by atoms with E-state index in [2.05, 4.69) is 0 Å². The van der Waals surface area contributed by atoms with E-state index < -0.39 is 16.7 Å². The molecule has 2 heterocycles. The highest BCUT2D eigenvalue weighted by Crippen LogP contribution is 2.51. The first kappa shape index (κ1) is 17.1. The lowest BCUT2D eigenvalue weighted by atomic mass is 10.0. The Kier molecular flexibility index (Phi) is 3.82. The molecule has 1 atom stereocenters. The molecule has 26 heavy (non-hydrogen) atoms. The smallest absolute Gasteiger partial charge is 0.416 e. The third kappa shape index (κ3) is 2.59. The maximum absolute atomic E-state index is 13.1. The lowest BCUT2D eigenvalue weighted by Gasteiger charge is -2.35. The highest BCUT2D eigenvalue weighted by molar-refractivity contribution is 8.00. The molecule has 1 aromatic heterocycles. The summed E-state index contributed by atoms with van der Waals surface area (Å²) in [5, 5.41) is 11.4. The zero-order chi connectivity index (χ0) is 18.5. The zero-order valence-corrected chi connectivity index (χ0v) is 14.4. The molecule has 0 saturated heterocycles. The van der Waals surface area contributed by atoms with Crippen molar-refractivity contribution in [3.63, 3.8) is 0 Å². The maximum atomic E-state index is 13.1. The Bertz CT molecular complexity index is 966. The normalized spacial score (nSPS) is 19.0. The van der Waals surface area contributed by atoms with Crippen LogP contribution in [0.3, 0.4) is 0 Å². The second kappa shape index (κ2) is 5.82. The molecule has 2 aromatic carbocycles. The molecule has 1 aliphatic heterocycles. The van der Waals surface area contributed by atoms with Crippen LogP contribution in [-0.4, -0.2) is 16.8 Å². The lowest BCUT2D eigenvalue weighted by Crippen LogP contribution is -2.29. The molecule has 4 rings (SSSR count). The van der Waals surface area contributed by atoms with Crippen molar-refractivity contribution in [3.05, 3.63) is 77.6 Å². The van der Waals surface area contributed by atoms with Crippen LogP contribution in [0.5, 0.6) is 5.75 Å². The number of fused-ring (bicyclic) bond motifs is 3. The van der Waals surface area contributed by atoms with Gasteiger partial charge in [0.15, 0.2) is 4.93 Å². The van der Waals surface area contributed by atoms with E-state index in [4.69, 9.17) is 4.74 Å². The van der Waals surface area contributed by atoms with Crippen LogP contribution in [0.2, 0.25) is 0 Å². The van der Waals surface area contributed by atoms with Crippen molar-refractivity contribution in [3.8, 4) is 11.4 Å². The van der Waals surface area contributed by atoms with Gasteiger partial charge in [0.2, 0.25) is 0 Å². The minimum atomic E-state index is -4.42. The molecular formula is C19H14F3NO2S. The number of ether oxygens (including phenoxy) is 1. The van der Waals surface area contributed by atoms with Crippen LogP contribution in [0.15, 0.2) is 65.7 Å². The van der Waals surface area contributed by atoms with E-state index in [1.807, 2.05) is 0 Å². The van der Waals surface area contributed by atoms with Crippen LogP contribution < -0.4 is 4.74 Å². The summed E-state index contributed by atoms with van der Waals surface area (Å²) in [5.74, 6) is 0.656. The number of aliphatic hydroxyl groups is 1. The Labute approximate surface area is 152 Å². The number of nitrogens with zero attached hydrogens (tertiary/aromatic N) is 1. The molecular weight excluding hydrogens is 363 g/mol. The van der Waals surface area contributed by atoms with Gasteiger partial charge in [-0.1, -0.05) is 23.9 Å². The molecule has 0 amide bonds. The summed E-state index contributed by atoms with van der Waals surface area (Å²) in [5.41, 5.74) is 0.808. The fourth-order valence-corrected chi connectivity index (χ4v) is 4.31. The standard InChI is InChI=1S/C19H14F3NO2S/c1-25-14-7-4-12(5-8-14)18(24)17-3-2-10-23(17)15-11-13(19(20,21)22)6-9-16(15)26-18/h2-11,24H,1H3. The number of aromatic nitrogens is 1. The van der Waals surface area contributed by atoms with E-state index in [1.165, 1.54) is 6.07 Å². The lowest BCUT2D eigenvalue weighted by molar-refractivity contribution is -0.137. The molecule has 0 radical (unpaired) electrons. The number of methoxy groups -OCH3 is 1. The van der Waals surface area contributed by atoms with Gasteiger partial charge in [0.1, 0.15) is 5.75 Å². The van der Waals surface area contributed by atoms with E-state index in [0.29, 0.717) is 27.6 Å². The number of rotatable bonds is 2. The molecule has 1 aliphatic rings. The predicted octanol–water partition coefficient (Wildman–Crippen LogP) is 4.80. The van der Waals surface area contributed by atoms with Crippen LogP contribution in [0.4, 0.5) is 13.2 Å². The fourth-order valence-electron chi connectivity index (χ4n) is 3.07. The quantitative estimate of drug-likeness (QED) is 0.696. The molecule has 3 nitrogen and oxygen atoms in total.